The topological polar surface area (TPSA) is 74.2 Å². The van der Waals surface area contributed by atoms with Crippen LogP contribution >= 0.6 is 0 Å². The van der Waals surface area contributed by atoms with Crippen molar-refractivity contribution in [3.8, 4) is 11.5 Å². The molecule has 4 saturated carbocycles. The molecule has 0 N–H and O–H groups in total. The van der Waals surface area contributed by atoms with E-state index in [0.717, 1.165) is 43.4 Å². The molecule has 4 bridgehead atoms. The van der Waals surface area contributed by atoms with E-state index in [1.165, 1.54) is 19.3 Å². The van der Waals surface area contributed by atoms with Crippen molar-refractivity contribution in [3.63, 3.8) is 0 Å². The molecule has 2 aromatic carbocycles. The molecule has 0 atom stereocenters. The molecule has 0 saturated heterocycles. The van der Waals surface area contributed by atoms with E-state index in [2.05, 4.69) is 11.9 Å². The molecule has 6 nitrogen and oxygen atoms in total. The van der Waals surface area contributed by atoms with Crippen molar-refractivity contribution < 1.29 is 23.8 Å². The largest absolute Gasteiger partial charge is 0.490 e. The Hall–Kier alpha value is -3.15. The van der Waals surface area contributed by atoms with Gasteiger partial charge < -0.3 is 14.2 Å². The predicted molar refractivity (Wildman–Crippen MR) is 143 cm³/mol. The second kappa shape index (κ2) is 11.1. The molecule has 0 radical (unpaired) electrons. The average Bonchev–Trinajstić information content (AvgIpc) is 2.88. The maximum Gasteiger partial charge on any atom is 0.338 e. The molecule has 6 rings (SSSR count). The van der Waals surface area contributed by atoms with Gasteiger partial charge in [-0.1, -0.05) is 13.3 Å². The van der Waals surface area contributed by atoms with Crippen molar-refractivity contribution in [1.29, 1.82) is 0 Å². The lowest BCUT2D eigenvalue weighted by molar-refractivity contribution is -0.161. The van der Waals surface area contributed by atoms with Crippen LogP contribution in [0.4, 0.5) is 5.69 Å². The summed E-state index contributed by atoms with van der Waals surface area (Å²) in [5.74, 6) is 2.69. The molecule has 0 amide bonds. The summed E-state index contributed by atoms with van der Waals surface area (Å²) in [5.41, 5.74) is 1.76. The van der Waals surface area contributed by atoms with Gasteiger partial charge in [0, 0.05) is 6.21 Å². The van der Waals surface area contributed by atoms with Crippen LogP contribution in [0.3, 0.4) is 0 Å². The molecule has 0 unspecified atom stereocenters. The summed E-state index contributed by atoms with van der Waals surface area (Å²) in [5, 5.41) is 0. The lowest BCUT2D eigenvalue weighted by Gasteiger charge is -2.55. The zero-order valence-corrected chi connectivity index (χ0v) is 21.9. The number of benzene rings is 2. The number of carbonyl (C=O) groups is 2. The van der Waals surface area contributed by atoms with Crippen LogP contribution < -0.4 is 9.47 Å². The third kappa shape index (κ3) is 5.73. The van der Waals surface area contributed by atoms with Crippen molar-refractivity contribution in [2.45, 2.75) is 65.2 Å². The van der Waals surface area contributed by atoms with Gasteiger partial charge in [0.2, 0.25) is 0 Å². The normalized spacial score (nSPS) is 25.8. The Morgan fingerprint density at radius 1 is 0.946 bits per heavy atom. The van der Waals surface area contributed by atoms with Crippen LogP contribution in [0.25, 0.3) is 0 Å². The van der Waals surface area contributed by atoms with E-state index in [-0.39, 0.29) is 17.4 Å². The lowest BCUT2D eigenvalue weighted by atomic mass is 9.49. The van der Waals surface area contributed by atoms with Gasteiger partial charge in [0.25, 0.3) is 0 Å². The first-order chi connectivity index (χ1) is 18.0. The van der Waals surface area contributed by atoms with E-state index in [0.29, 0.717) is 48.0 Å². The second-order valence-corrected chi connectivity index (χ2v) is 11.0. The molecule has 2 aromatic rings. The van der Waals surface area contributed by atoms with Gasteiger partial charge in [-0.3, -0.25) is 9.79 Å². The number of carbonyl (C=O) groups excluding carboxylic acids is 2. The van der Waals surface area contributed by atoms with Gasteiger partial charge >= 0.3 is 11.9 Å². The quantitative estimate of drug-likeness (QED) is 0.152. The summed E-state index contributed by atoms with van der Waals surface area (Å²) in [6, 6.07) is 12.6. The first-order valence-electron chi connectivity index (χ1n) is 13.8. The molecule has 6 heteroatoms. The Kier molecular flexibility index (Phi) is 7.63. The maximum atomic E-state index is 13.4. The smallest absolute Gasteiger partial charge is 0.338 e. The van der Waals surface area contributed by atoms with Crippen LogP contribution in [0, 0.1) is 23.2 Å². The number of esters is 2. The van der Waals surface area contributed by atoms with E-state index < -0.39 is 0 Å². The van der Waals surface area contributed by atoms with E-state index in [4.69, 9.17) is 14.2 Å². The molecular weight excluding hydrogens is 466 g/mol. The number of rotatable bonds is 10. The highest BCUT2D eigenvalue weighted by molar-refractivity contribution is 5.90. The predicted octanol–water partition coefficient (Wildman–Crippen LogP) is 6.91. The number of unbranched alkanes of at least 4 members (excludes halogenated alkanes) is 1. The highest BCUT2D eigenvalue weighted by Gasteiger charge is 2.55. The molecule has 0 heterocycles. The summed E-state index contributed by atoms with van der Waals surface area (Å²) in [4.78, 5) is 30.0. The number of nitrogens with zero attached hydrogens (tertiary/aromatic N) is 1. The SMILES string of the molecule is CCCCOC(=O)c1ccc(N=Cc2ccc(OC(=O)C34CC5CC(CC(C5)C3)C4)c(OCC)c2)cc1. The maximum absolute atomic E-state index is 13.4. The number of hydrogen-bond acceptors (Lipinski definition) is 6. The molecule has 37 heavy (non-hydrogen) atoms. The molecule has 4 aliphatic rings. The summed E-state index contributed by atoms with van der Waals surface area (Å²) < 4.78 is 17.1. The van der Waals surface area contributed by atoms with Crippen LogP contribution in [-0.2, 0) is 9.53 Å². The van der Waals surface area contributed by atoms with E-state index in [9.17, 15) is 9.59 Å². The Bertz CT molecular complexity index is 1120. The third-order valence-corrected chi connectivity index (χ3v) is 8.14. The van der Waals surface area contributed by atoms with Gasteiger partial charge in [0.15, 0.2) is 11.5 Å². The molecule has 0 aliphatic heterocycles. The summed E-state index contributed by atoms with van der Waals surface area (Å²) in [6.07, 6.45) is 10.4. The van der Waals surface area contributed by atoms with Gasteiger partial charge in [0.1, 0.15) is 0 Å². The average molecular weight is 504 g/mol. The van der Waals surface area contributed by atoms with Gasteiger partial charge in [-0.15, -0.1) is 0 Å². The Balaban J connectivity index is 1.25. The number of hydrogen-bond donors (Lipinski definition) is 0. The Morgan fingerprint density at radius 2 is 1.62 bits per heavy atom. The molecular formula is C31H37NO5. The van der Waals surface area contributed by atoms with E-state index in [1.807, 2.05) is 19.1 Å². The Morgan fingerprint density at radius 3 is 2.24 bits per heavy atom. The van der Waals surface area contributed by atoms with Crippen molar-refractivity contribution >= 4 is 23.8 Å². The van der Waals surface area contributed by atoms with Crippen molar-refractivity contribution in [3.05, 3.63) is 53.6 Å². The van der Waals surface area contributed by atoms with Gasteiger partial charge in [-0.25, -0.2) is 4.79 Å². The van der Waals surface area contributed by atoms with E-state index >= 15 is 0 Å². The van der Waals surface area contributed by atoms with Crippen molar-refractivity contribution in [2.75, 3.05) is 13.2 Å². The molecule has 0 spiro atoms. The van der Waals surface area contributed by atoms with Gasteiger partial charge in [-0.2, -0.15) is 0 Å². The zero-order valence-electron chi connectivity index (χ0n) is 21.9. The summed E-state index contributed by atoms with van der Waals surface area (Å²) >= 11 is 0. The Labute approximate surface area is 219 Å². The lowest BCUT2D eigenvalue weighted by Crippen LogP contribution is -2.51. The number of ether oxygens (including phenoxy) is 3. The molecule has 4 aliphatic carbocycles. The fraction of sp³-hybridized carbons (Fsp3) is 0.516. The monoisotopic (exact) mass is 503 g/mol. The van der Waals surface area contributed by atoms with E-state index in [1.54, 1.807) is 36.5 Å². The fourth-order valence-corrected chi connectivity index (χ4v) is 6.75. The van der Waals surface area contributed by atoms with Crippen LogP contribution in [0.5, 0.6) is 11.5 Å². The second-order valence-electron chi connectivity index (χ2n) is 11.0. The fourth-order valence-electron chi connectivity index (χ4n) is 6.75. The summed E-state index contributed by atoms with van der Waals surface area (Å²) in [7, 11) is 0. The molecule has 4 fully saturated rings. The van der Waals surface area contributed by atoms with Crippen LogP contribution in [-0.4, -0.2) is 31.4 Å². The van der Waals surface area contributed by atoms with Gasteiger partial charge in [0.05, 0.1) is 29.9 Å². The van der Waals surface area contributed by atoms with Crippen LogP contribution in [0.2, 0.25) is 0 Å². The first kappa shape index (κ1) is 25.5. The van der Waals surface area contributed by atoms with Crippen molar-refractivity contribution in [2.24, 2.45) is 28.2 Å². The minimum Gasteiger partial charge on any atom is -0.490 e. The third-order valence-electron chi connectivity index (χ3n) is 8.14. The minimum atomic E-state index is -0.316. The molecule has 196 valence electrons. The summed E-state index contributed by atoms with van der Waals surface area (Å²) in [6.45, 7) is 4.88. The first-order valence-corrected chi connectivity index (χ1v) is 13.8. The highest BCUT2D eigenvalue weighted by Crippen LogP contribution is 2.60. The number of aliphatic imine (C=N–C) groups is 1. The zero-order chi connectivity index (χ0) is 25.8. The standard InChI is InChI=1S/C31H37NO5/c1-3-5-12-36-29(33)25-7-9-26(10-8-25)32-20-21-6-11-27(28(16-21)35-4-2)37-30(34)31-17-22-13-23(18-31)15-24(14-22)19-31/h6-11,16,20,22-24H,3-5,12-15,17-19H2,1-2H3. The molecule has 0 aromatic heterocycles. The highest BCUT2D eigenvalue weighted by atomic mass is 16.6. The minimum absolute atomic E-state index is 0.0812. The van der Waals surface area contributed by atoms with Gasteiger partial charge in [-0.05, 0) is 118 Å². The van der Waals surface area contributed by atoms with Crippen molar-refractivity contribution in [1.82, 2.24) is 0 Å². The van der Waals surface area contributed by atoms with Crippen LogP contribution in [0.15, 0.2) is 47.5 Å². The van der Waals surface area contributed by atoms with Crippen LogP contribution in [0.1, 0.15) is 81.1 Å².